The number of anilines is 2. The predicted molar refractivity (Wildman–Crippen MR) is 66.4 cm³/mol. The largest absolute Gasteiger partial charge is 0.386 e. The molecule has 1 rings (SSSR count). The summed E-state index contributed by atoms with van der Waals surface area (Å²) in [6.45, 7) is 6.11. The number of para-hydroxylation sites is 1. The van der Waals surface area contributed by atoms with E-state index in [1.54, 1.807) is 0 Å². The minimum Gasteiger partial charge on any atom is -0.386 e. The van der Waals surface area contributed by atoms with Gasteiger partial charge in [0.2, 0.25) is 0 Å². The van der Waals surface area contributed by atoms with Crippen molar-refractivity contribution in [3.05, 3.63) is 23.8 Å². The number of nitrogens with zero attached hydrogens (tertiary/aromatic N) is 1. The fourth-order valence-corrected chi connectivity index (χ4v) is 1.35. The molecular formula is C12H22N2. The maximum absolute atomic E-state index is 3.20. The lowest BCUT2D eigenvalue weighted by molar-refractivity contribution is 1.13. The van der Waals surface area contributed by atoms with E-state index >= 15 is 0 Å². The van der Waals surface area contributed by atoms with Gasteiger partial charge in [0.15, 0.2) is 0 Å². The fraction of sp³-hybridized carbons (Fsp3) is 0.500. The number of hydrogen-bond donors (Lipinski definition) is 1. The van der Waals surface area contributed by atoms with Crippen molar-refractivity contribution >= 4 is 11.4 Å². The molecule has 0 aliphatic heterocycles. The molecule has 0 atom stereocenters. The van der Waals surface area contributed by atoms with Crippen LogP contribution in [0.1, 0.15) is 19.4 Å². The van der Waals surface area contributed by atoms with Crippen LogP contribution in [0.3, 0.4) is 0 Å². The molecule has 14 heavy (non-hydrogen) atoms. The average Bonchev–Trinajstić information content (AvgIpc) is 2.20. The van der Waals surface area contributed by atoms with Gasteiger partial charge in [-0.05, 0) is 18.6 Å². The molecule has 1 aromatic carbocycles. The SMILES string of the molecule is CC.CNc1c(C)cccc1N(C)C. The minimum absolute atomic E-state index is 1.21. The third-order valence-electron chi connectivity index (χ3n) is 1.98. The van der Waals surface area contributed by atoms with E-state index in [-0.39, 0.29) is 0 Å². The molecule has 1 N–H and O–H groups in total. The number of benzene rings is 1. The molecule has 0 aliphatic carbocycles. The van der Waals surface area contributed by atoms with Crippen LogP contribution in [0.4, 0.5) is 11.4 Å². The third kappa shape index (κ3) is 2.95. The van der Waals surface area contributed by atoms with Crippen LogP contribution in [0.25, 0.3) is 0 Å². The van der Waals surface area contributed by atoms with Crippen LogP contribution in [-0.4, -0.2) is 21.1 Å². The highest BCUT2D eigenvalue weighted by Crippen LogP contribution is 2.26. The lowest BCUT2D eigenvalue weighted by Crippen LogP contribution is -2.11. The molecule has 2 nitrogen and oxygen atoms in total. The molecule has 0 radical (unpaired) electrons. The van der Waals surface area contributed by atoms with E-state index in [2.05, 4.69) is 49.4 Å². The van der Waals surface area contributed by atoms with E-state index in [9.17, 15) is 0 Å². The highest BCUT2D eigenvalue weighted by Gasteiger charge is 2.03. The molecule has 0 unspecified atom stereocenters. The summed E-state index contributed by atoms with van der Waals surface area (Å²) in [5, 5.41) is 3.20. The van der Waals surface area contributed by atoms with Gasteiger partial charge in [0.25, 0.3) is 0 Å². The van der Waals surface area contributed by atoms with Crippen molar-refractivity contribution in [3.8, 4) is 0 Å². The topological polar surface area (TPSA) is 15.3 Å². The summed E-state index contributed by atoms with van der Waals surface area (Å²) in [5.74, 6) is 0. The van der Waals surface area contributed by atoms with E-state index in [0.29, 0.717) is 0 Å². The maximum Gasteiger partial charge on any atom is 0.0604 e. The summed E-state index contributed by atoms with van der Waals surface area (Å²) in [4.78, 5) is 2.11. The summed E-state index contributed by atoms with van der Waals surface area (Å²) in [5.41, 5.74) is 3.73. The fourth-order valence-electron chi connectivity index (χ4n) is 1.35. The lowest BCUT2D eigenvalue weighted by atomic mass is 10.1. The Bertz CT molecular complexity index is 267. The Morgan fingerprint density at radius 2 is 1.71 bits per heavy atom. The Labute approximate surface area is 87.9 Å². The molecule has 0 aromatic heterocycles. The van der Waals surface area contributed by atoms with Gasteiger partial charge in [-0.15, -0.1) is 0 Å². The zero-order valence-electron chi connectivity index (χ0n) is 10.2. The van der Waals surface area contributed by atoms with Crippen molar-refractivity contribution in [1.29, 1.82) is 0 Å². The van der Waals surface area contributed by atoms with Crippen molar-refractivity contribution in [2.45, 2.75) is 20.8 Å². The van der Waals surface area contributed by atoms with Gasteiger partial charge in [0, 0.05) is 21.1 Å². The molecular weight excluding hydrogens is 172 g/mol. The van der Waals surface area contributed by atoms with Crippen molar-refractivity contribution in [1.82, 2.24) is 0 Å². The minimum atomic E-state index is 1.21. The summed E-state index contributed by atoms with van der Waals surface area (Å²) >= 11 is 0. The zero-order valence-corrected chi connectivity index (χ0v) is 10.2. The highest BCUT2D eigenvalue weighted by molar-refractivity contribution is 5.72. The van der Waals surface area contributed by atoms with E-state index in [1.165, 1.54) is 16.9 Å². The van der Waals surface area contributed by atoms with Crippen LogP contribution >= 0.6 is 0 Å². The Morgan fingerprint density at radius 1 is 1.14 bits per heavy atom. The van der Waals surface area contributed by atoms with Crippen molar-refractivity contribution in [2.75, 3.05) is 31.4 Å². The molecule has 0 amide bonds. The number of rotatable bonds is 2. The maximum atomic E-state index is 3.20. The Hall–Kier alpha value is -1.18. The van der Waals surface area contributed by atoms with Crippen LogP contribution in [0.15, 0.2) is 18.2 Å². The zero-order chi connectivity index (χ0) is 11.1. The first kappa shape index (κ1) is 12.8. The van der Waals surface area contributed by atoms with Gasteiger partial charge in [-0.3, -0.25) is 0 Å². The van der Waals surface area contributed by atoms with Crippen molar-refractivity contribution in [3.63, 3.8) is 0 Å². The van der Waals surface area contributed by atoms with Crippen molar-refractivity contribution in [2.24, 2.45) is 0 Å². The van der Waals surface area contributed by atoms with Gasteiger partial charge in [-0.2, -0.15) is 0 Å². The summed E-state index contributed by atoms with van der Waals surface area (Å²) in [7, 11) is 6.06. The van der Waals surface area contributed by atoms with Crippen LogP contribution in [0, 0.1) is 6.92 Å². The highest BCUT2D eigenvalue weighted by atomic mass is 15.1. The van der Waals surface area contributed by atoms with Gasteiger partial charge in [0.05, 0.1) is 11.4 Å². The first-order valence-electron chi connectivity index (χ1n) is 5.11. The van der Waals surface area contributed by atoms with Crippen LogP contribution in [0.5, 0.6) is 0 Å². The van der Waals surface area contributed by atoms with E-state index in [1.807, 2.05) is 20.9 Å². The summed E-state index contributed by atoms with van der Waals surface area (Å²) in [6, 6.07) is 6.29. The van der Waals surface area contributed by atoms with E-state index < -0.39 is 0 Å². The first-order chi connectivity index (χ1) is 6.66. The second-order valence-corrected chi connectivity index (χ2v) is 3.11. The lowest BCUT2D eigenvalue weighted by Gasteiger charge is -2.18. The molecule has 0 saturated carbocycles. The van der Waals surface area contributed by atoms with E-state index in [0.717, 1.165) is 0 Å². The van der Waals surface area contributed by atoms with Crippen LogP contribution < -0.4 is 10.2 Å². The Morgan fingerprint density at radius 3 is 2.07 bits per heavy atom. The molecule has 0 heterocycles. The predicted octanol–water partition coefficient (Wildman–Crippen LogP) is 3.13. The normalized spacial score (nSPS) is 8.71. The molecule has 80 valence electrons. The third-order valence-corrected chi connectivity index (χ3v) is 1.98. The van der Waals surface area contributed by atoms with Gasteiger partial charge >= 0.3 is 0 Å². The molecule has 0 aliphatic rings. The smallest absolute Gasteiger partial charge is 0.0604 e. The number of nitrogens with one attached hydrogen (secondary N) is 1. The second kappa shape index (κ2) is 6.30. The number of aryl methyl sites for hydroxylation is 1. The van der Waals surface area contributed by atoms with Crippen molar-refractivity contribution < 1.29 is 0 Å². The number of hydrogen-bond acceptors (Lipinski definition) is 2. The molecule has 0 saturated heterocycles. The Kier molecular flexibility index (Phi) is 5.77. The summed E-state index contributed by atoms with van der Waals surface area (Å²) in [6.07, 6.45) is 0. The molecule has 1 aromatic rings. The van der Waals surface area contributed by atoms with Gasteiger partial charge in [-0.1, -0.05) is 26.0 Å². The molecule has 0 bridgehead atoms. The van der Waals surface area contributed by atoms with Gasteiger partial charge < -0.3 is 10.2 Å². The molecule has 0 spiro atoms. The quantitative estimate of drug-likeness (QED) is 0.778. The summed E-state index contributed by atoms with van der Waals surface area (Å²) < 4.78 is 0. The van der Waals surface area contributed by atoms with Gasteiger partial charge in [-0.25, -0.2) is 0 Å². The molecule has 0 fully saturated rings. The van der Waals surface area contributed by atoms with Crippen LogP contribution in [0.2, 0.25) is 0 Å². The first-order valence-corrected chi connectivity index (χ1v) is 5.11. The Balaban J connectivity index is 0.000000791. The van der Waals surface area contributed by atoms with Gasteiger partial charge in [0.1, 0.15) is 0 Å². The standard InChI is InChI=1S/C10H16N2.C2H6/c1-8-6-5-7-9(12(3)4)10(8)11-2;1-2/h5-7,11H,1-4H3;1-2H3. The molecule has 2 heteroatoms. The average molecular weight is 194 g/mol. The van der Waals surface area contributed by atoms with E-state index in [4.69, 9.17) is 0 Å². The van der Waals surface area contributed by atoms with Crippen LogP contribution in [-0.2, 0) is 0 Å². The monoisotopic (exact) mass is 194 g/mol. The second-order valence-electron chi connectivity index (χ2n) is 3.11.